The molecule has 0 radical (unpaired) electrons. The number of benzene rings is 1. The van der Waals surface area contributed by atoms with Crippen LogP contribution < -0.4 is 5.32 Å². The number of hydrogen-bond acceptors (Lipinski definition) is 6. The summed E-state index contributed by atoms with van der Waals surface area (Å²) in [6.07, 6.45) is 3.55. The molecule has 0 spiro atoms. The summed E-state index contributed by atoms with van der Waals surface area (Å²) in [4.78, 5) is 13.4. The fraction of sp³-hybridized carbons (Fsp3) is 0.381. The van der Waals surface area contributed by atoms with Gasteiger partial charge in [0.15, 0.2) is 0 Å². The zero-order chi connectivity index (χ0) is 19.7. The van der Waals surface area contributed by atoms with Crippen LogP contribution in [0.3, 0.4) is 0 Å². The van der Waals surface area contributed by atoms with Crippen LogP contribution in [0.4, 0.5) is 5.95 Å². The lowest BCUT2D eigenvalue weighted by molar-refractivity contribution is -0.0136. The lowest BCUT2D eigenvalue weighted by Crippen LogP contribution is -2.42. The lowest BCUT2D eigenvalue weighted by Gasteiger charge is -2.28. The van der Waals surface area contributed by atoms with Crippen LogP contribution in [0.15, 0.2) is 36.7 Å². The Morgan fingerprint density at radius 1 is 1.25 bits per heavy atom. The molecule has 4 rings (SSSR count). The number of aliphatic hydroxyl groups excluding tert-OH is 1. The van der Waals surface area contributed by atoms with Gasteiger partial charge in [-0.25, -0.2) is 9.97 Å². The third kappa shape index (κ3) is 3.81. The van der Waals surface area contributed by atoms with E-state index in [1.165, 1.54) is 5.56 Å². The Kier molecular flexibility index (Phi) is 5.44. The smallest absolute Gasteiger partial charge is 0.223 e. The SMILES string of the molecule is CC(C)c1ccnc2ccc(-c3nc(N[C@@H]4CCOC[C@H]4O)ncc3Cl)cc12. The second-order valence-corrected chi connectivity index (χ2v) is 7.77. The molecule has 28 heavy (non-hydrogen) atoms. The van der Waals surface area contributed by atoms with E-state index in [0.717, 1.165) is 16.5 Å². The predicted molar refractivity (Wildman–Crippen MR) is 111 cm³/mol. The third-order valence-electron chi connectivity index (χ3n) is 5.06. The van der Waals surface area contributed by atoms with Crippen molar-refractivity contribution in [2.45, 2.75) is 38.3 Å². The van der Waals surface area contributed by atoms with Crippen molar-refractivity contribution in [3.8, 4) is 11.3 Å². The summed E-state index contributed by atoms with van der Waals surface area (Å²) in [7, 11) is 0. The fourth-order valence-corrected chi connectivity index (χ4v) is 3.71. The van der Waals surface area contributed by atoms with Crippen LogP contribution in [0.2, 0.25) is 5.02 Å². The fourth-order valence-electron chi connectivity index (χ4n) is 3.51. The van der Waals surface area contributed by atoms with Crippen molar-refractivity contribution in [3.63, 3.8) is 0 Å². The number of hydrogen-bond donors (Lipinski definition) is 2. The molecule has 3 aromatic rings. The van der Waals surface area contributed by atoms with Gasteiger partial charge < -0.3 is 15.2 Å². The number of pyridine rings is 1. The molecule has 2 aromatic heterocycles. The Morgan fingerprint density at radius 3 is 2.89 bits per heavy atom. The van der Waals surface area contributed by atoms with Crippen molar-refractivity contribution in [1.82, 2.24) is 15.0 Å². The van der Waals surface area contributed by atoms with Crippen LogP contribution in [-0.2, 0) is 4.74 Å². The molecule has 0 aliphatic carbocycles. The van der Waals surface area contributed by atoms with Gasteiger partial charge >= 0.3 is 0 Å². The van der Waals surface area contributed by atoms with E-state index in [4.69, 9.17) is 16.3 Å². The zero-order valence-corrected chi connectivity index (χ0v) is 16.6. The molecular formula is C21H23ClN4O2. The monoisotopic (exact) mass is 398 g/mol. The molecule has 0 unspecified atom stereocenters. The van der Waals surface area contributed by atoms with Crippen molar-refractivity contribution in [1.29, 1.82) is 0 Å². The highest BCUT2D eigenvalue weighted by Crippen LogP contribution is 2.31. The first kappa shape index (κ1) is 19.1. The van der Waals surface area contributed by atoms with Gasteiger partial charge in [0.05, 0.1) is 41.2 Å². The third-order valence-corrected chi connectivity index (χ3v) is 5.33. The highest BCUT2D eigenvalue weighted by molar-refractivity contribution is 6.33. The molecule has 7 heteroatoms. The van der Waals surface area contributed by atoms with Gasteiger partial charge in [0.25, 0.3) is 0 Å². The molecule has 2 atom stereocenters. The van der Waals surface area contributed by atoms with Crippen molar-refractivity contribution < 1.29 is 9.84 Å². The normalized spacial score (nSPS) is 19.9. The first-order chi connectivity index (χ1) is 13.5. The molecule has 6 nitrogen and oxygen atoms in total. The minimum Gasteiger partial charge on any atom is -0.389 e. The number of anilines is 1. The molecule has 1 saturated heterocycles. The Labute approximate surface area is 169 Å². The molecule has 3 heterocycles. The van der Waals surface area contributed by atoms with Crippen molar-refractivity contribution >= 4 is 28.5 Å². The average Bonchev–Trinajstić information content (AvgIpc) is 2.70. The van der Waals surface area contributed by atoms with Crippen molar-refractivity contribution in [2.24, 2.45) is 0 Å². The molecule has 1 aliphatic heterocycles. The number of fused-ring (bicyclic) bond motifs is 1. The molecule has 0 saturated carbocycles. The van der Waals surface area contributed by atoms with Crippen LogP contribution in [0.25, 0.3) is 22.2 Å². The topological polar surface area (TPSA) is 80.2 Å². The van der Waals surface area contributed by atoms with E-state index in [0.29, 0.717) is 42.2 Å². The molecule has 1 fully saturated rings. The average molecular weight is 399 g/mol. The minimum absolute atomic E-state index is 0.142. The maximum atomic E-state index is 10.1. The Balaban J connectivity index is 1.71. The van der Waals surface area contributed by atoms with E-state index in [1.807, 2.05) is 18.3 Å². The maximum absolute atomic E-state index is 10.1. The highest BCUT2D eigenvalue weighted by atomic mass is 35.5. The van der Waals surface area contributed by atoms with Crippen LogP contribution in [0.1, 0.15) is 31.7 Å². The van der Waals surface area contributed by atoms with Gasteiger partial charge in [-0.2, -0.15) is 0 Å². The summed E-state index contributed by atoms with van der Waals surface area (Å²) in [5.74, 6) is 0.828. The Bertz CT molecular complexity index is 995. The number of halogens is 1. The van der Waals surface area contributed by atoms with Crippen molar-refractivity contribution in [3.05, 3.63) is 47.2 Å². The number of nitrogens with one attached hydrogen (secondary N) is 1. The number of rotatable bonds is 4. The van der Waals surface area contributed by atoms with Gasteiger partial charge in [-0.3, -0.25) is 4.98 Å². The van der Waals surface area contributed by atoms with E-state index in [-0.39, 0.29) is 6.04 Å². The molecule has 1 aromatic carbocycles. The predicted octanol–water partition coefficient (Wildman–Crippen LogP) is 4.03. The van der Waals surface area contributed by atoms with E-state index in [2.05, 4.69) is 46.2 Å². The molecular weight excluding hydrogens is 376 g/mol. The molecule has 2 N–H and O–H groups in total. The maximum Gasteiger partial charge on any atom is 0.223 e. The standard InChI is InChI=1S/C21H23ClN4O2/c1-12(2)14-5-7-23-17-4-3-13(9-15(14)17)20-16(22)10-24-21(26-20)25-18-6-8-28-11-19(18)27/h3-5,7,9-10,12,18-19,27H,6,8,11H2,1-2H3,(H,24,25,26)/t18-,19-/m1/s1. The molecule has 1 aliphatic rings. The van der Waals surface area contributed by atoms with E-state index < -0.39 is 6.10 Å². The summed E-state index contributed by atoms with van der Waals surface area (Å²) in [5.41, 5.74) is 3.75. The van der Waals surface area contributed by atoms with Crippen LogP contribution >= 0.6 is 11.6 Å². The summed E-state index contributed by atoms with van der Waals surface area (Å²) in [6.45, 7) is 5.25. The number of nitrogens with zero attached hydrogens (tertiary/aromatic N) is 3. The summed E-state index contributed by atoms with van der Waals surface area (Å²) < 4.78 is 5.28. The minimum atomic E-state index is -0.586. The van der Waals surface area contributed by atoms with E-state index >= 15 is 0 Å². The Morgan fingerprint density at radius 2 is 2.11 bits per heavy atom. The molecule has 0 amide bonds. The summed E-state index contributed by atoms with van der Waals surface area (Å²) in [5, 5.41) is 14.9. The second kappa shape index (κ2) is 7.99. The van der Waals surface area contributed by atoms with E-state index in [9.17, 15) is 5.11 Å². The van der Waals surface area contributed by atoms with E-state index in [1.54, 1.807) is 6.20 Å². The zero-order valence-electron chi connectivity index (χ0n) is 15.9. The van der Waals surface area contributed by atoms with Gasteiger partial charge in [-0.1, -0.05) is 31.5 Å². The van der Waals surface area contributed by atoms with Gasteiger partial charge in [0.2, 0.25) is 5.95 Å². The second-order valence-electron chi connectivity index (χ2n) is 7.36. The molecule has 146 valence electrons. The first-order valence-corrected chi connectivity index (χ1v) is 9.84. The first-order valence-electron chi connectivity index (χ1n) is 9.47. The lowest BCUT2D eigenvalue weighted by atomic mass is 9.97. The number of aliphatic hydroxyl groups is 1. The largest absolute Gasteiger partial charge is 0.389 e. The van der Waals surface area contributed by atoms with Crippen LogP contribution in [0, 0.1) is 0 Å². The van der Waals surface area contributed by atoms with Gasteiger partial charge in [-0.05, 0) is 36.1 Å². The van der Waals surface area contributed by atoms with Crippen LogP contribution in [0.5, 0.6) is 0 Å². The van der Waals surface area contributed by atoms with Crippen molar-refractivity contribution in [2.75, 3.05) is 18.5 Å². The summed E-state index contributed by atoms with van der Waals surface area (Å²) >= 11 is 6.42. The number of aromatic nitrogens is 3. The van der Waals surface area contributed by atoms with Gasteiger partial charge in [-0.15, -0.1) is 0 Å². The van der Waals surface area contributed by atoms with Gasteiger partial charge in [0, 0.05) is 23.8 Å². The quantitative estimate of drug-likeness (QED) is 0.690. The highest BCUT2D eigenvalue weighted by Gasteiger charge is 2.24. The van der Waals surface area contributed by atoms with Gasteiger partial charge in [0.1, 0.15) is 0 Å². The Hall–Kier alpha value is -2.28. The summed E-state index contributed by atoms with van der Waals surface area (Å²) in [6, 6.07) is 7.96. The van der Waals surface area contributed by atoms with Crippen LogP contribution in [-0.4, -0.2) is 45.4 Å². The molecule has 0 bridgehead atoms. The number of ether oxygens (including phenoxy) is 1.